The molecular weight excluding hydrogens is 188 g/mol. The van der Waals surface area contributed by atoms with Crippen LogP contribution in [-0.4, -0.2) is 31.7 Å². The fraction of sp³-hybridized carbons (Fsp3) is 0.800. The van der Waals surface area contributed by atoms with Crippen LogP contribution in [0, 0.1) is 0 Å². The van der Waals surface area contributed by atoms with E-state index >= 15 is 0 Å². The summed E-state index contributed by atoms with van der Waals surface area (Å²) in [6.45, 7) is 1.93. The van der Waals surface area contributed by atoms with Crippen LogP contribution in [0.4, 0.5) is 4.79 Å². The molecule has 0 radical (unpaired) electrons. The maximum absolute atomic E-state index is 10.4. The highest BCUT2D eigenvalue weighted by molar-refractivity contribution is 7.85. The maximum atomic E-state index is 10.4. The van der Waals surface area contributed by atoms with Gasteiger partial charge in [0.1, 0.15) is 0 Å². The van der Waals surface area contributed by atoms with Crippen molar-refractivity contribution in [2.45, 2.75) is 13.3 Å². The molecule has 0 aliphatic carbocycles. The van der Waals surface area contributed by atoms with Gasteiger partial charge < -0.3 is 9.47 Å². The maximum Gasteiger partial charge on any atom is 0.509 e. The Balaban J connectivity index is 3.58. The molecule has 0 aromatic rings. The lowest BCUT2D eigenvalue weighted by molar-refractivity contribution is 0.0661. The second kappa shape index (κ2) is 4.94. The summed E-state index contributed by atoms with van der Waals surface area (Å²) in [6.07, 6.45) is -0.490. The van der Waals surface area contributed by atoms with Gasteiger partial charge in [0, 0.05) is 0 Å². The first kappa shape index (κ1) is 11.2. The van der Waals surface area contributed by atoms with Gasteiger partial charge in [0.05, 0.1) is 6.61 Å². The zero-order valence-corrected chi connectivity index (χ0v) is 7.33. The van der Waals surface area contributed by atoms with Gasteiger partial charge in [-0.3, -0.25) is 4.55 Å². The van der Waals surface area contributed by atoms with E-state index in [2.05, 4.69) is 9.47 Å². The molecule has 0 aliphatic rings. The SMILES string of the molecule is CCCOC(=O)OCS(=O)(=O)O. The molecule has 0 fully saturated rings. The normalized spacial score (nSPS) is 10.8. The van der Waals surface area contributed by atoms with E-state index in [0.29, 0.717) is 6.42 Å². The Kier molecular flexibility index (Phi) is 4.60. The molecule has 0 aromatic carbocycles. The zero-order valence-electron chi connectivity index (χ0n) is 6.52. The van der Waals surface area contributed by atoms with Crippen LogP contribution in [0.2, 0.25) is 0 Å². The number of hydrogen-bond donors (Lipinski definition) is 1. The molecule has 6 nitrogen and oxygen atoms in total. The predicted octanol–water partition coefficient (Wildman–Crippen LogP) is 0.395. The van der Waals surface area contributed by atoms with Crippen molar-refractivity contribution in [1.29, 1.82) is 0 Å². The summed E-state index contributed by atoms with van der Waals surface area (Å²) in [4.78, 5) is 10.4. The molecule has 0 unspecified atom stereocenters. The third-order valence-electron chi connectivity index (χ3n) is 0.750. The monoisotopic (exact) mass is 198 g/mol. The van der Waals surface area contributed by atoms with E-state index in [1.54, 1.807) is 6.92 Å². The van der Waals surface area contributed by atoms with Gasteiger partial charge in [0.25, 0.3) is 0 Å². The molecule has 1 N–H and O–H groups in total. The second-order valence-corrected chi connectivity index (χ2v) is 3.34. The highest BCUT2D eigenvalue weighted by atomic mass is 32.2. The van der Waals surface area contributed by atoms with E-state index in [-0.39, 0.29) is 6.61 Å². The van der Waals surface area contributed by atoms with E-state index in [0.717, 1.165) is 0 Å². The van der Waals surface area contributed by atoms with Crippen LogP contribution in [0.1, 0.15) is 13.3 Å². The molecule has 7 heteroatoms. The first-order valence-electron chi connectivity index (χ1n) is 3.20. The molecule has 0 atom stereocenters. The minimum Gasteiger partial charge on any atom is -0.434 e. The second-order valence-electron chi connectivity index (χ2n) is 1.94. The van der Waals surface area contributed by atoms with E-state index in [1.165, 1.54) is 0 Å². The molecule has 0 amide bonds. The number of carbonyl (C=O) groups is 1. The molecule has 0 bridgehead atoms. The lowest BCUT2D eigenvalue weighted by Crippen LogP contribution is -2.14. The van der Waals surface area contributed by atoms with Crippen molar-refractivity contribution in [3.8, 4) is 0 Å². The summed E-state index contributed by atoms with van der Waals surface area (Å²) < 4.78 is 36.6. The zero-order chi connectivity index (χ0) is 9.61. The van der Waals surface area contributed by atoms with Gasteiger partial charge in [-0.2, -0.15) is 8.42 Å². The number of rotatable bonds is 4. The Morgan fingerprint density at radius 2 is 2.00 bits per heavy atom. The highest BCUT2D eigenvalue weighted by Crippen LogP contribution is 1.90. The van der Waals surface area contributed by atoms with Gasteiger partial charge in [-0.15, -0.1) is 0 Å². The van der Waals surface area contributed by atoms with Crippen LogP contribution in [0.15, 0.2) is 0 Å². The van der Waals surface area contributed by atoms with Crippen LogP contribution in [-0.2, 0) is 19.6 Å². The van der Waals surface area contributed by atoms with Gasteiger partial charge in [-0.25, -0.2) is 4.79 Å². The molecule has 0 aliphatic heterocycles. The molecule has 72 valence electrons. The molecule has 0 spiro atoms. The molecule has 0 saturated carbocycles. The van der Waals surface area contributed by atoms with Crippen molar-refractivity contribution >= 4 is 16.3 Å². The molecule has 0 aromatic heterocycles. The number of ether oxygens (including phenoxy) is 2. The quantitative estimate of drug-likeness (QED) is 0.519. The Morgan fingerprint density at radius 1 is 1.42 bits per heavy atom. The molecule has 12 heavy (non-hydrogen) atoms. The summed E-state index contributed by atoms with van der Waals surface area (Å²) in [5, 5.41) is 0. The first-order valence-corrected chi connectivity index (χ1v) is 4.81. The Morgan fingerprint density at radius 3 is 2.42 bits per heavy atom. The summed E-state index contributed by atoms with van der Waals surface area (Å²) >= 11 is 0. The molecule has 0 saturated heterocycles. The van der Waals surface area contributed by atoms with E-state index in [9.17, 15) is 13.2 Å². The van der Waals surface area contributed by atoms with E-state index < -0.39 is 22.2 Å². The summed E-state index contributed by atoms with van der Waals surface area (Å²) in [7, 11) is -4.27. The largest absolute Gasteiger partial charge is 0.509 e. The average Bonchev–Trinajstić information content (AvgIpc) is 1.95. The summed E-state index contributed by atoms with van der Waals surface area (Å²) in [5.74, 6) is -1.07. The van der Waals surface area contributed by atoms with Crippen LogP contribution in [0.3, 0.4) is 0 Å². The Bertz CT molecular complexity index is 230. The minimum absolute atomic E-state index is 0.157. The third kappa shape index (κ3) is 7.29. The fourth-order valence-corrected chi connectivity index (χ4v) is 0.595. The molecular formula is C5H10O6S. The van der Waals surface area contributed by atoms with Crippen LogP contribution in [0.25, 0.3) is 0 Å². The number of carbonyl (C=O) groups excluding carboxylic acids is 1. The van der Waals surface area contributed by atoms with Crippen molar-refractivity contribution in [1.82, 2.24) is 0 Å². The summed E-state index contributed by atoms with van der Waals surface area (Å²) in [5.41, 5.74) is 0. The van der Waals surface area contributed by atoms with Crippen molar-refractivity contribution in [3.63, 3.8) is 0 Å². The smallest absolute Gasteiger partial charge is 0.434 e. The molecule has 0 heterocycles. The lowest BCUT2D eigenvalue weighted by Gasteiger charge is -2.02. The van der Waals surface area contributed by atoms with E-state index in [4.69, 9.17) is 4.55 Å². The van der Waals surface area contributed by atoms with Crippen LogP contribution in [0.5, 0.6) is 0 Å². The van der Waals surface area contributed by atoms with Crippen molar-refractivity contribution in [3.05, 3.63) is 0 Å². The van der Waals surface area contributed by atoms with Crippen LogP contribution < -0.4 is 0 Å². The fourth-order valence-electron chi connectivity index (χ4n) is 0.350. The minimum atomic E-state index is -4.27. The predicted molar refractivity (Wildman–Crippen MR) is 39.1 cm³/mol. The van der Waals surface area contributed by atoms with Gasteiger partial charge in [0.15, 0.2) is 0 Å². The third-order valence-corrected chi connectivity index (χ3v) is 1.17. The average molecular weight is 198 g/mol. The Labute approximate surface area is 70.2 Å². The highest BCUT2D eigenvalue weighted by Gasteiger charge is 2.09. The van der Waals surface area contributed by atoms with Gasteiger partial charge in [0.2, 0.25) is 5.94 Å². The lowest BCUT2D eigenvalue weighted by atomic mass is 10.5. The van der Waals surface area contributed by atoms with Gasteiger partial charge >= 0.3 is 16.3 Å². The van der Waals surface area contributed by atoms with Crippen molar-refractivity contribution in [2.75, 3.05) is 12.5 Å². The summed E-state index contributed by atoms with van der Waals surface area (Å²) in [6, 6.07) is 0. The Hall–Kier alpha value is -0.820. The van der Waals surface area contributed by atoms with Crippen molar-refractivity contribution < 1.29 is 27.2 Å². The van der Waals surface area contributed by atoms with Crippen LogP contribution >= 0.6 is 0 Å². The van der Waals surface area contributed by atoms with Gasteiger partial charge in [-0.1, -0.05) is 6.92 Å². The van der Waals surface area contributed by atoms with E-state index in [1.807, 2.05) is 0 Å². The van der Waals surface area contributed by atoms with Gasteiger partial charge in [-0.05, 0) is 6.42 Å². The molecule has 0 rings (SSSR count). The number of hydrogen-bond acceptors (Lipinski definition) is 5. The topological polar surface area (TPSA) is 89.9 Å². The standard InChI is InChI=1S/C5H10O6S/c1-2-3-10-5(6)11-4-12(7,8)9/h2-4H2,1H3,(H,7,8,9). The first-order chi connectivity index (χ1) is 5.45. The van der Waals surface area contributed by atoms with Crippen molar-refractivity contribution in [2.24, 2.45) is 0 Å².